The summed E-state index contributed by atoms with van der Waals surface area (Å²) in [6.45, 7) is 7.75. The van der Waals surface area contributed by atoms with E-state index in [1.54, 1.807) is 11.8 Å². The molecule has 1 unspecified atom stereocenters. The summed E-state index contributed by atoms with van der Waals surface area (Å²) in [5.41, 5.74) is 2.23. The van der Waals surface area contributed by atoms with E-state index in [0.29, 0.717) is 13.0 Å². The van der Waals surface area contributed by atoms with Crippen molar-refractivity contribution in [1.29, 1.82) is 0 Å². The molecule has 0 saturated carbocycles. The van der Waals surface area contributed by atoms with Crippen molar-refractivity contribution in [3.8, 4) is 0 Å². The molecule has 1 heterocycles. The van der Waals surface area contributed by atoms with E-state index in [1.165, 1.54) is 0 Å². The highest BCUT2D eigenvalue weighted by atomic mass is 16.6. The van der Waals surface area contributed by atoms with Crippen LogP contribution in [0.3, 0.4) is 0 Å². The van der Waals surface area contributed by atoms with E-state index in [2.05, 4.69) is 0 Å². The van der Waals surface area contributed by atoms with E-state index in [9.17, 15) is 9.59 Å². The number of carboxylic acid groups (broad SMARTS) is 1. The Bertz CT molecular complexity index is 589. The van der Waals surface area contributed by atoms with Crippen molar-refractivity contribution < 1.29 is 19.4 Å². The van der Waals surface area contributed by atoms with Gasteiger partial charge in [0.05, 0.1) is 11.6 Å². The standard InChI is InChI=1S/C17H23NO4/c1-11(15(19)20)10-13-7-5-6-12-8-9-18(14(12)13)16(21)22-17(2,3)4/h5-7,11H,8-10H2,1-4H3,(H,19,20). The number of carbonyl (C=O) groups is 2. The second kappa shape index (κ2) is 5.99. The maximum Gasteiger partial charge on any atom is 0.414 e. The predicted octanol–water partition coefficient (Wildman–Crippen LogP) is 3.25. The van der Waals surface area contributed by atoms with E-state index >= 15 is 0 Å². The molecule has 0 aliphatic carbocycles. The van der Waals surface area contributed by atoms with Gasteiger partial charge in [-0.25, -0.2) is 4.79 Å². The van der Waals surface area contributed by atoms with Crippen LogP contribution in [0, 0.1) is 5.92 Å². The van der Waals surface area contributed by atoms with Crippen LogP contribution in [0.2, 0.25) is 0 Å². The van der Waals surface area contributed by atoms with Crippen molar-refractivity contribution in [3.63, 3.8) is 0 Å². The van der Waals surface area contributed by atoms with Crippen LogP contribution in [0.15, 0.2) is 18.2 Å². The van der Waals surface area contributed by atoms with Gasteiger partial charge in [0.1, 0.15) is 5.60 Å². The molecule has 0 radical (unpaired) electrons. The Morgan fingerprint density at radius 2 is 2.05 bits per heavy atom. The van der Waals surface area contributed by atoms with Crippen LogP contribution in [0.5, 0.6) is 0 Å². The molecule has 1 aromatic rings. The summed E-state index contributed by atoms with van der Waals surface area (Å²) in [5.74, 6) is -1.33. The van der Waals surface area contributed by atoms with E-state index in [1.807, 2.05) is 39.0 Å². The number of benzene rings is 1. The summed E-state index contributed by atoms with van der Waals surface area (Å²) < 4.78 is 5.46. The fraction of sp³-hybridized carbons (Fsp3) is 0.529. The molecular formula is C17H23NO4. The third-order valence-electron chi connectivity index (χ3n) is 3.64. The van der Waals surface area contributed by atoms with Crippen LogP contribution in [0.25, 0.3) is 0 Å². The van der Waals surface area contributed by atoms with Crippen molar-refractivity contribution in [3.05, 3.63) is 29.3 Å². The minimum Gasteiger partial charge on any atom is -0.481 e. The van der Waals surface area contributed by atoms with Crippen LogP contribution >= 0.6 is 0 Å². The number of hydrogen-bond acceptors (Lipinski definition) is 3. The first-order chi connectivity index (χ1) is 10.2. The number of carboxylic acids is 1. The predicted molar refractivity (Wildman–Crippen MR) is 84.2 cm³/mol. The second-order valence-electron chi connectivity index (χ2n) is 6.75. The van der Waals surface area contributed by atoms with Crippen molar-refractivity contribution in [1.82, 2.24) is 0 Å². The van der Waals surface area contributed by atoms with Gasteiger partial charge in [0.25, 0.3) is 0 Å². The monoisotopic (exact) mass is 305 g/mol. The average molecular weight is 305 g/mol. The SMILES string of the molecule is CC(Cc1cccc2c1N(C(=O)OC(C)(C)C)CC2)C(=O)O. The summed E-state index contributed by atoms with van der Waals surface area (Å²) >= 11 is 0. The lowest BCUT2D eigenvalue weighted by Gasteiger charge is -2.26. The van der Waals surface area contributed by atoms with Gasteiger partial charge >= 0.3 is 12.1 Å². The Labute approximate surface area is 130 Å². The topological polar surface area (TPSA) is 66.8 Å². The quantitative estimate of drug-likeness (QED) is 0.931. The second-order valence-corrected chi connectivity index (χ2v) is 6.75. The van der Waals surface area contributed by atoms with Crippen LogP contribution in [0.1, 0.15) is 38.8 Å². The lowest BCUT2D eigenvalue weighted by Crippen LogP contribution is -2.36. The number of nitrogens with zero attached hydrogens (tertiary/aromatic N) is 1. The van der Waals surface area contributed by atoms with Crippen LogP contribution in [-0.4, -0.2) is 29.3 Å². The normalized spacial score (nSPS) is 15.4. The highest BCUT2D eigenvalue weighted by Crippen LogP contribution is 2.34. The zero-order valence-electron chi connectivity index (χ0n) is 13.5. The summed E-state index contributed by atoms with van der Waals surface area (Å²) in [5, 5.41) is 9.11. The minimum atomic E-state index is -0.834. The number of para-hydroxylation sites is 1. The van der Waals surface area contributed by atoms with E-state index < -0.39 is 17.5 Å². The number of rotatable bonds is 3. The first-order valence-electron chi connectivity index (χ1n) is 7.53. The molecule has 0 bridgehead atoms. The molecule has 120 valence electrons. The minimum absolute atomic E-state index is 0.373. The van der Waals surface area contributed by atoms with Gasteiger partial charge in [0.15, 0.2) is 0 Å². The average Bonchev–Trinajstić information content (AvgIpc) is 2.81. The number of carbonyl (C=O) groups excluding carboxylic acids is 1. The molecule has 1 N–H and O–H groups in total. The molecule has 1 aromatic carbocycles. The maximum atomic E-state index is 12.4. The molecule has 0 aromatic heterocycles. The number of aliphatic carboxylic acids is 1. The van der Waals surface area contributed by atoms with Gasteiger partial charge in [-0.2, -0.15) is 0 Å². The summed E-state index contributed by atoms with van der Waals surface area (Å²) in [6, 6.07) is 5.79. The number of anilines is 1. The summed E-state index contributed by atoms with van der Waals surface area (Å²) in [6.07, 6.45) is 0.795. The third kappa shape index (κ3) is 3.59. The molecule has 2 rings (SSSR count). The molecule has 5 heteroatoms. The van der Waals surface area contributed by atoms with Gasteiger partial charge in [0.2, 0.25) is 0 Å². The first kappa shape index (κ1) is 16.3. The Kier molecular flexibility index (Phi) is 4.44. The van der Waals surface area contributed by atoms with E-state index in [-0.39, 0.29) is 6.09 Å². The molecule has 1 amide bonds. The Morgan fingerprint density at radius 1 is 1.36 bits per heavy atom. The molecule has 1 aliphatic rings. The van der Waals surface area contributed by atoms with Gasteiger partial charge in [-0.15, -0.1) is 0 Å². The van der Waals surface area contributed by atoms with E-state index in [4.69, 9.17) is 9.84 Å². The summed E-state index contributed by atoms with van der Waals surface area (Å²) in [4.78, 5) is 25.1. The Morgan fingerprint density at radius 3 is 2.64 bits per heavy atom. The molecule has 1 aliphatic heterocycles. The summed E-state index contributed by atoms with van der Waals surface area (Å²) in [7, 11) is 0. The Hall–Kier alpha value is -2.04. The number of fused-ring (bicyclic) bond motifs is 1. The Balaban J connectivity index is 2.29. The number of ether oxygens (including phenoxy) is 1. The lowest BCUT2D eigenvalue weighted by molar-refractivity contribution is -0.141. The van der Waals surface area contributed by atoms with E-state index in [0.717, 1.165) is 23.2 Å². The third-order valence-corrected chi connectivity index (χ3v) is 3.64. The fourth-order valence-electron chi connectivity index (χ4n) is 2.62. The van der Waals surface area contributed by atoms with Crippen molar-refractivity contribution in [2.45, 2.75) is 46.1 Å². The highest BCUT2D eigenvalue weighted by Gasteiger charge is 2.31. The molecule has 0 spiro atoms. The van der Waals surface area contributed by atoms with Gasteiger partial charge in [-0.05, 0) is 44.7 Å². The number of hydrogen-bond donors (Lipinski definition) is 1. The van der Waals surface area contributed by atoms with Crippen LogP contribution in [0.4, 0.5) is 10.5 Å². The van der Waals surface area contributed by atoms with Gasteiger partial charge in [-0.1, -0.05) is 25.1 Å². The fourth-order valence-corrected chi connectivity index (χ4v) is 2.62. The van der Waals surface area contributed by atoms with Crippen molar-refractivity contribution in [2.24, 2.45) is 5.92 Å². The lowest BCUT2D eigenvalue weighted by atomic mass is 9.97. The maximum absolute atomic E-state index is 12.4. The van der Waals surface area contributed by atoms with Gasteiger partial charge in [-0.3, -0.25) is 9.69 Å². The highest BCUT2D eigenvalue weighted by molar-refractivity contribution is 5.92. The van der Waals surface area contributed by atoms with Crippen molar-refractivity contribution >= 4 is 17.7 Å². The molecule has 0 saturated heterocycles. The van der Waals surface area contributed by atoms with Crippen molar-refractivity contribution in [2.75, 3.05) is 11.4 Å². The number of amides is 1. The largest absolute Gasteiger partial charge is 0.481 e. The molecule has 1 atom stereocenters. The smallest absolute Gasteiger partial charge is 0.414 e. The molecule has 5 nitrogen and oxygen atoms in total. The molecule has 22 heavy (non-hydrogen) atoms. The van der Waals surface area contributed by atoms with Crippen LogP contribution < -0.4 is 4.90 Å². The first-order valence-corrected chi connectivity index (χ1v) is 7.53. The molecule has 0 fully saturated rings. The zero-order valence-corrected chi connectivity index (χ0v) is 13.5. The van der Waals surface area contributed by atoms with Gasteiger partial charge < -0.3 is 9.84 Å². The van der Waals surface area contributed by atoms with Crippen LogP contribution in [-0.2, 0) is 22.4 Å². The molecular weight excluding hydrogens is 282 g/mol. The zero-order chi connectivity index (χ0) is 16.5. The van der Waals surface area contributed by atoms with Gasteiger partial charge in [0, 0.05) is 6.54 Å².